The van der Waals surface area contributed by atoms with Crippen molar-refractivity contribution >= 4 is 10.9 Å². The summed E-state index contributed by atoms with van der Waals surface area (Å²) < 4.78 is 20.8. The Balaban J connectivity index is 1.57. The maximum Gasteiger partial charge on any atom is 0.302 e. The van der Waals surface area contributed by atoms with Crippen LogP contribution in [-0.2, 0) is 6.54 Å². The number of pyridine rings is 1. The molecule has 0 unspecified atom stereocenters. The lowest BCUT2D eigenvalue weighted by Crippen LogP contribution is -2.09. The van der Waals surface area contributed by atoms with Crippen LogP contribution in [0.3, 0.4) is 0 Å². The van der Waals surface area contributed by atoms with E-state index in [9.17, 15) is 9.18 Å². The lowest BCUT2D eigenvalue weighted by Gasteiger charge is -2.03. The smallest absolute Gasteiger partial charge is 0.302 e. The predicted molar refractivity (Wildman–Crippen MR) is 88.0 cm³/mol. The average Bonchev–Trinajstić information content (AvgIpc) is 3.04. The van der Waals surface area contributed by atoms with Gasteiger partial charge in [-0.05, 0) is 12.1 Å². The molecular weight excluding hydrogens is 325 g/mol. The van der Waals surface area contributed by atoms with Crippen LogP contribution < -0.4 is 10.3 Å². The Bertz CT molecular complexity index is 1110. The van der Waals surface area contributed by atoms with Crippen LogP contribution in [0.1, 0.15) is 5.56 Å². The normalized spacial score (nSPS) is 10.9. The number of nitrogens with zero attached hydrogens (tertiary/aromatic N) is 4. The van der Waals surface area contributed by atoms with Crippen LogP contribution in [0, 0.1) is 5.82 Å². The Hall–Kier alpha value is -3.55. The van der Waals surface area contributed by atoms with E-state index in [-0.39, 0.29) is 23.9 Å². The summed E-state index contributed by atoms with van der Waals surface area (Å²) in [5, 5.41) is 4.55. The van der Waals surface area contributed by atoms with Crippen LogP contribution in [0.4, 0.5) is 4.39 Å². The van der Waals surface area contributed by atoms with Gasteiger partial charge in [-0.1, -0.05) is 18.2 Å². The molecule has 8 heteroatoms. The molecule has 0 atom stereocenters. The van der Waals surface area contributed by atoms with E-state index in [1.807, 2.05) is 0 Å². The van der Waals surface area contributed by atoms with Crippen molar-refractivity contribution in [2.45, 2.75) is 6.54 Å². The van der Waals surface area contributed by atoms with Gasteiger partial charge in [0.1, 0.15) is 5.82 Å². The van der Waals surface area contributed by atoms with Gasteiger partial charge in [-0.25, -0.2) is 4.39 Å². The van der Waals surface area contributed by atoms with Crippen LogP contribution in [-0.4, -0.2) is 24.7 Å². The Morgan fingerprint density at radius 1 is 1.20 bits per heavy atom. The van der Waals surface area contributed by atoms with Crippen molar-refractivity contribution in [2.24, 2.45) is 0 Å². The molecule has 0 aliphatic rings. The number of rotatable bonds is 4. The summed E-state index contributed by atoms with van der Waals surface area (Å²) >= 11 is 0. The van der Waals surface area contributed by atoms with Crippen molar-refractivity contribution < 1.29 is 9.13 Å². The highest BCUT2D eigenvalue weighted by atomic mass is 19.1. The van der Waals surface area contributed by atoms with E-state index in [1.54, 1.807) is 30.5 Å². The molecule has 4 rings (SSSR count). The molecule has 0 amide bonds. The second-order valence-electron chi connectivity index (χ2n) is 5.33. The quantitative estimate of drug-likeness (QED) is 0.618. The van der Waals surface area contributed by atoms with E-state index in [2.05, 4.69) is 20.1 Å². The zero-order valence-corrected chi connectivity index (χ0v) is 12.9. The summed E-state index contributed by atoms with van der Waals surface area (Å²) in [6.07, 6.45) is 6.07. The molecule has 7 nitrogen and oxygen atoms in total. The fraction of sp³-hybridized carbons (Fsp3) is 0.0588. The minimum absolute atomic E-state index is 0.0379. The van der Waals surface area contributed by atoms with Gasteiger partial charge in [0.05, 0.1) is 36.0 Å². The molecule has 0 saturated heterocycles. The van der Waals surface area contributed by atoms with Crippen molar-refractivity contribution in [2.75, 3.05) is 0 Å². The fourth-order valence-electron chi connectivity index (χ4n) is 2.41. The highest BCUT2D eigenvalue weighted by Crippen LogP contribution is 2.18. The van der Waals surface area contributed by atoms with Gasteiger partial charge in [-0.2, -0.15) is 10.1 Å². The number of nitrogens with one attached hydrogen (secondary N) is 1. The summed E-state index contributed by atoms with van der Waals surface area (Å²) in [4.78, 5) is 22.7. The number of aromatic amines is 1. The van der Waals surface area contributed by atoms with Gasteiger partial charge in [0, 0.05) is 11.8 Å². The zero-order valence-electron chi connectivity index (χ0n) is 12.9. The molecule has 1 aromatic carbocycles. The van der Waals surface area contributed by atoms with Gasteiger partial charge in [0.15, 0.2) is 5.75 Å². The van der Waals surface area contributed by atoms with Crippen LogP contribution in [0.5, 0.6) is 11.8 Å². The minimum Gasteiger partial charge on any atom is -0.422 e. The maximum atomic E-state index is 13.7. The highest BCUT2D eigenvalue weighted by Gasteiger charge is 2.08. The molecule has 25 heavy (non-hydrogen) atoms. The van der Waals surface area contributed by atoms with Crippen molar-refractivity contribution in [3.8, 4) is 11.8 Å². The maximum absolute atomic E-state index is 13.7. The molecule has 3 aromatic heterocycles. The van der Waals surface area contributed by atoms with Crippen LogP contribution in [0.15, 0.2) is 59.9 Å². The molecule has 124 valence electrons. The summed E-state index contributed by atoms with van der Waals surface area (Å²) in [5.74, 6) is 0.0798. The van der Waals surface area contributed by atoms with Gasteiger partial charge in [0.25, 0.3) is 5.56 Å². The van der Waals surface area contributed by atoms with E-state index in [1.165, 1.54) is 29.3 Å². The molecule has 0 aliphatic carbocycles. The number of hydrogen-bond donors (Lipinski definition) is 1. The molecule has 3 heterocycles. The Labute approximate surface area is 140 Å². The second-order valence-corrected chi connectivity index (χ2v) is 5.33. The topological polar surface area (TPSA) is 85.7 Å². The van der Waals surface area contributed by atoms with E-state index in [0.29, 0.717) is 22.2 Å². The first-order valence-electron chi connectivity index (χ1n) is 7.47. The molecular formula is C17H12FN5O2. The van der Waals surface area contributed by atoms with Crippen molar-refractivity contribution in [3.63, 3.8) is 0 Å². The second kappa shape index (κ2) is 6.16. The first kappa shape index (κ1) is 15.0. The van der Waals surface area contributed by atoms with Gasteiger partial charge >= 0.3 is 6.01 Å². The Kier molecular flexibility index (Phi) is 3.70. The number of halogens is 1. The van der Waals surface area contributed by atoms with E-state index >= 15 is 0 Å². The third kappa shape index (κ3) is 3.09. The predicted octanol–water partition coefficient (Wildman–Crippen LogP) is 2.49. The number of H-pyrrole nitrogens is 1. The monoisotopic (exact) mass is 337 g/mol. The SMILES string of the molecule is O=c1[nH]c(Oc2cnn(Cc3ccccc3F)c2)nc2cnccc12. The molecule has 0 bridgehead atoms. The molecule has 0 spiro atoms. The largest absolute Gasteiger partial charge is 0.422 e. The Morgan fingerprint density at radius 2 is 2.08 bits per heavy atom. The molecule has 0 fully saturated rings. The van der Waals surface area contributed by atoms with Crippen molar-refractivity contribution in [3.05, 3.63) is 76.9 Å². The van der Waals surface area contributed by atoms with Gasteiger partial charge in [0.2, 0.25) is 0 Å². The van der Waals surface area contributed by atoms with E-state index < -0.39 is 0 Å². The summed E-state index contributed by atoms with van der Waals surface area (Å²) in [6, 6.07) is 8.10. The van der Waals surface area contributed by atoms with Crippen molar-refractivity contribution in [1.29, 1.82) is 0 Å². The molecule has 0 aliphatic heterocycles. The lowest BCUT2D eigenvalue weighted by atomic mass is 10.2. The molecule has 0 saturated carbocycles. The average molecular weight is 337 g/mol. The summed E-state index contributed by atoms with van der Waals surface area (Å²) in [6.45, 7) is 0.265. The third-order valence-corrected chi connectivity index (χ3v) is 3.60. The van der Waals surface area contributed by atoms with Gasteiger partial charge in [-0.3, -0.25) is 19.4 Å². The Morgan fingerprint density at radius 3 is 2.96 bits per heavy atom. The highest BCUT2D eigenvalue weighted by molar-refractivity contribution is 5.76. The van der Waals surface area contributed by atoms with E-state index in [4.69, 9.17) is 4.74 Å². The number of ether oxygens (including phenoxy) is 1. The van der Waals surface area contributed by atoms with Gasteiger partial charge < -0.3 is 4.74 Å². The van der Waals surface area contributed by atoms with Crippen LogP contribution in [0.2, 0.25) is 0 Å². The first-order valence-corrected chi connectivity index (χ1v) is 7.47. The fourth-order valence-corrected chi connectivity index (χ4v) is 2.41. The minimum atomic E-state index is -0.318. The van der Waals surface area contributed by atoms with Gasteiger partial charge in [-0.15, -0.1) is 0 Å². The van der Waals surface area contributed by atoms with Crippen LogP contribution >= 0.6 is 0 Å². The first-order chi connectivity index (χ1) is 12.2. The molecule has 1 N–H and O–H groups in total. The summed E-state index contributed by atoms with van der Waals surface area (Å²) in [5.41, 5.74) is 0.626. The number of benzene rings is 1. The molecule has 0 radical (unpaired) electrons. The van der Waals surface area contributed by atoms with E-state index in [0.717, 1.165) is 0 Å². The lowest BCUT2D eigenvalue weighted by molar-refractivity contribution is 0.442. The molecule has 4 aromatic rings. The number of aromatic nitrogens is 5. The third-order valence-electron chi connectivity index (χ3n) is 3.60. The standard InChI is InChI=1S/C17H12FN5O2/c18-14-4-2-1-3-11(14)9-23-10-12(7-20-23)25-17-21-15-8-19-6-5-13(15)16(24)22-17/h1-8,10H,9H2,(H,21,22,24). The number of hydrogen-bond acceptors (Lipinski definition) is 5. The summed E-state index contributed by atoms with van der Waals surface area (Å²) in [7, 11) is 0. The number of fused-ring (bicyclic) bond motifs is 1. The van der Waals surface area contributed by atoms with Crippen LogP contribution in [0.25, 0.3) is 10.9 Å². The zero-order chi connectivity index (χ0) is 17.2. The van der Waals surface area contributed by atoms with Crippen molar-refractivity contribution in [1.82, 2.24) is 24.7 Å².